The van der Waals surface area contributed by atoms with Crippen LogP contribution in [0.15, 0.2) is 0 Å². The molecule has 1 fully saturated rings. The summed E-state index contributed by atoms with van der Waals surface area (Å²) >= 11 is 0. The van der Waals surface area contributed by atoms with Crippen molar-refractivity contribution in [3.8, 4) is 0 Å². The molecule has 0 aromatic heterocycles. The first-order valence-corrected chi connectivity index (χ1v) is 6.72. The van der Waals surface area contributed by atoms with Crippen molar-refractivity contribution in [1.82, 2.24) is 9.80 Å². The molecule has 1 aliphatic rings. The van der Waals surface area contributed by atoms with Gasteiger partial charge in [-0.1, -0.05) is 32.6 Å². The molecule has 1 heterocycles. The van der Waals surface area contributed by atoms with E-state index in [2.05, 4.69) is 11.8 Å². The van der Waals surface area contributed by atoms with E-state index in [9.17, 15) is 4.79 Å². The number of piperazine rings is 1. The molecule has 0 radical (unpaired) electrons. The molecule has 0 aromatic carbocycles. The molecule has 0 unspecified atom stereocenters. The van der Waals surface area contributed by atoms with Crippen LogP contribution >= 0.6 is 0 Å². The van der Waals surface area contributed by atoms with Crippen LogP contribution in [0, 0.1) is 0 Å². The number of rotatable bonds is 6. The summed E-state index contributed by atoms with van der Waals surface area (Å²) < 4.78 is 0. The number of carbonyl (C=O) groups is 1. The quantitative estimate of drug-likeness (QED) is 0.648. The lowest BCUT2D eigenvalue weighted by Gasteiger charge is -2.34. The van der Waals surface area contributed by atoms with Crippen LogP contribution in [0.3, 0.4) is 0 Å². The van der Waals surface area contributed by atoms with Crippen LogP contribution in [0.25, 0.3) is 0 Å². The van der Waals surface area contributed by atoms with E-state index in [1.54, 1.807) is 6.92 Å². The summed E-state index contributed by atoms with van der Waals surface area (Å²) in [6.45, 7) is 9.10. The summed E-state index contributed by atoms with van der Waals surface area (Å²) in [5.41, 5.74) is 0. The van der Waals surface area contributed by atoms with Crippen molar-refractivity contribution in [3.05, 3.63) is 0 Å². The first-order chi connectivity index (χ1) is 7.74. The van der Waals surface area contributed by atoms with Crippen molar-refractivity contribution in [2.24, 2.45) is 0 Å². The van der Waals surface area contributed by atoms with Crippen LogP contribution in [-0.2, 0) is 4.79 Å². The Balaban J connectivity index is 2.02. The van der Waals surface area contributed by atoms with Crippen molar-refractivity contribution in [1.29, 1.82) is 0 Å². The summed E-state index contributed by atoms with van der Waals surface area (Å²) in [5, 5.41) is 0. The maximum Gasteiger partial charge on any atom is 0.219 e. The van der Waals surface area contributed by atoms with Gasteiger partial charge in [0, 0.05) is 33.1 Å². The normalized spacial score (nSPS) is 17.8. The number of unbranched alkanes of at least 4 members (excludes halogenated alkanes) is 4. The Hall–Kier alpha value is -0.570. The standard InChI is InChI=1S/C13H26N2O/c1-3-4-5-6-7-8-14-9-11-15(12-10-14)13(2)16/h3-12H2,1-2H3. The molecule has 94 valence electrons. The molecule has 0 aliphatic carbocycles. The Morgan fingerprint density at radius 3 is 2.19 bits per heavy atom. The molecule has 0 saturated carbocycles. The van der Waals surface area contributed by atoms with Crippen LogP contribution in [0.2, 0.25) is 0 Å². The third-order valence-electron chi connectivity index (χ3n) is 3.40. The van der Waals surface area contributed by atoms with Crippen LogP contribution in [0.5, 0.6) is 0 Å². The second-order valence-corrected chi connectivity index (χ2v) is 4.76. The van der Waals surface area contributed by atoms with Gasteiger partial charge in [0.25, 0.3) is 0 Å². The predicted molar refractivity (Wildman–Crippen MR) is 67.5 cm³/mol. The second-order valence-electron chi connectivity index (χ2n) is 4.76. The minimum Gasteiger partial charge on any atom is -0.340 e. The molecule has 16 heavy (non-hydrogen) atoms. The third kappa shape index (κ3) is 4.97. The smallest absolute Gasteiger partial charge is 0.219 e. The zero-order chi connectivity index (χ0) is 11.8. The molecular weight excluding hydrogens is 200 g/mol. The molecule has 3 heteroatoms. The molecular formula is C13H26N2O. The highest BCUT2D eigenvalue weighted by Crippen LogP contribution is 2.06. The summed E-state index contributed by atoms with van der Waals surface area (Å²) in [6.07, 6.45) is 6.75. The largest absolute Gasteiger partial charge is 0.340 e. The first kappa shape index (κ1) is 13.5. The molecule has 0 atom stereocenters. The fourth-order valence-electron chi connectivity index (χ4n) is 2.23. The van der Waals surface area contributed by atoms with Crippen LogP contribution in [-0.4, -0.2) is 48.4 Å². The van der Waals surface area contributed by atoms with Crippen molar-refractivity contribution in [3.63, 3.8) is 0 Å². The van der Waals surface area contributed by atoms with E-state index in [-0.39, 0.29) is 5.91 Å². The number of amides is 1. The monoisotopic (exact) mass is 226 g/mol. The fourth-order valence-corrected chi connectivity index (χ4v) is 2.23. The molecule has 0 aromatic rings. The van der Waals surface area contributed by atoms with Gasteiger partial charge in [0.1, 0.15) is 0 Å². The van der Waals surface area contributed by atoms with E-state index in [4.69, 9.17) is 0 Å². The SMILES string of the molecule is CCCCCCCN1CCN(C(C)=O)CC1. The summed E-state index contributed by atoms with van der Waals surface area (Å²) in [5.74, 6) is 0.225. The topological polar surface area (TPSA) is 23.6 Å². The second kappa shape index (κ2) is 7.66. The summed E-state index contributed by atoms with van der Waals surface area (Å²) in [4.78, 5) is 15.6. The van der Waals surface area contributed by atoms with E-state index in [1.165, 1.54) is 38.6 Å². The van der Waals surface area contributed by atoms with Gasteiger partial charge < -0.3 is 4.90 Å². The molecule has 0 bridgehead atoms. The number of hydrogen-bond donors (Lipinski definition) is 0. The van der Waals surface area contributed by atoms with Gasteiger partial charge >= 0.3 is 0 Å². The average Bonchev–Trinajstić information content (AvgIpc) is 2.29. The fraction of sp³-hybridized carbons (Fsp3) is 0.923. The van der Waals surface area contributed by atoms with Gasteiger partial charge in [-0.05, 0) is 13.0 Å². The highest BCUT2D eigenvalue weighted by Gasteiger charge is 2.17. The third-order valence-corrected chi connectivity index (χ3v) is 3.40. The Labute approximate surface area is 99.8 Å². The first-order valence-electron chi connectivity index (χ1n) is 6.72. The maximum absolute atomic E-state index is 11.1. The molecule has 1 saturated heterocycles. The van der Waals surface area contributed by atoms with Gasteiger partial charge in [0.15, 0.2) is 0 Å². The highest BCUT2D eigenvalue weighted by atomic mass is 16.2. The lowest BCUT2D eigenvalue weighted by Crippen LogP contribution is -2.48. The predicted octanol–water partition coefficient (Wildman–Crippen LogP) is 2.12. The molecule has 0 spiro atoms. The minimum atomic E-state index is 0.225. The van der Waals surface area contributed by atoms with Crippen molar-refractivity contribution in [2.45, 2.75) is 46.0 Å². The lowest BCUT2D eigenvalue weighted by molar-refractivity contribution is -0.130. The Kier molecular flexibility index (Phi) is 6.46. The zero-order valence-electron chi connectivity index (χ0n) is 10.9. The van der Waals surface area contributed by atoms with E-state index in [0.29, 0.717) is 0 Å². The van der Waals surface area contributed by atoms with Crippen molar-refractivity contribution in [2.75, 3.05) is 32.7 Å². The Morgan fingerprint density at radius 2 is 1.62 bits per heavy atom. The van der Waals surface area contributed by atoms with Crippen LogP contribution < -0.4 is 0 Å². The van der Waals surface area contributed by atoms with E-state index in [1.807, 2.05) is 4.90 Å². The van der Waals surface area contributed by atoms with Gasteiger partial charge in [-0.25, -0.2) is 0 Å². The lowest BCUT2D eigenvalue weighted by atomic mass is 10.1. The van der Waals surface area contributed by atoms with E-state index in [0.717, 1.165) is 26.2 Å². The van der Waals surface area contributed by atoms with E-state index < -0.39 is 0 Å². The van der Waals surface area contributed by atoms with Gasteiger partial charge in [-0.3, -0.25) is 9.69 Å². The maximum atomic E-state index is 11.1. The Bertz CT molecular complexity index is 198. The average molecular weight is 226 g/mol. The minimum absolute atomic E-state index is 0.225. The molecule has 1 amide bonds. The van der Waals surface area contributed by atoms with Gasteiger partial charge in [0.2, 0.25) is 5.91 Å². The van der Waals surface area contributed by atoms with Crippen LogP contribution in [0.1, 0.15) is 46.0 Å². The van der Waals surface area contributed by atoms with Crippen molar-refractivity contribution >= 4 is 5.91 Å². The van der Waals surface area contributed by atoms with E-state index >= 15 is 0 Å². The molecule has 0 N–H and O–H groups in total. The highest BCUT2D eigenvalue weighted by molar-refractivity contribution is 5.73. The number of carbonyl (C=O) groups excluding carboxylic acids is 1. The number of hydrogen-bond acceptors (Lipinski definition) is 2. The number of nitrogens with zero attached hydrogens (tertiary/aromatic N) is 2. The summed E-state index contributed by atoms with van der Waals surface area (Å²) in [6, 6.07) is 0. The van der Waals surface area contributed by atoms with Gasteiger partial charge in [-0.2, -0.15) is 0 Å². The molecule has 1 aliphatic heterocycles. The van der Waals surface area contributed by atoms with Gasteiger partial charge in [-0.15, -0.1) is 0 Å². The van der Waals surface area contributed by atoms with Gasteiger partial charge in [0.05, 0.1) is 0 Å². The van der Waals surface area contributed by atoms with Crippen LogP contribution in [0.4, 0.5) is 0 Å². The molecule has 3 nitrogen and oxygen atoms in total. The molecule has 1 rings (SSSR count). The zero-order valence-corrected chi connectivity index (χ0v) is 10.9. The Morgan fingerprint density at radius 1 is 1.00 bits per heavy atom. The summed E-state index contributed by atoms with van der Waals surface area (Å²) in [7, 11) is 0. The van der Waals surface area contributed by atoms with Crippen molar-refractivity contribution < 1.29 is 4.79 Å².